The fourth-order valence-corrected chi connectivity index (χ4v) is 2.48. The Morgan fingerprint density at radius 1 is 1.05 bits per heavy atom. The van der Waals surface area contributed by atoms with E-state index in [9.17, 15) is 14.0 Å². The van der Waals surface area contributed by atoms with Crippen LogP contribution < -0.4 is 0 Å². The molecule has 0 unspecified atom stereocenters. The summed E-state index contributed by atoms with van der Waals surface area (Å²) in [7, 11) is 0. The second-order valence-electron chi connectivity index (χ2n) is 5.25. The van der Waals surface area contributed by atoms with Crippen LogP contribution >= 0.6 is 0 Å². The first-order chi connectivity index (χ1) is 10.6. The van der Waals surface area contributed by atoms with Crippen molar-refractivity contribution in [2.45, 2.75) is 19.3 Å². The minimum atomic E-state index is -0.322. The van der Waals surface area contributed by atoms with Crippen LogP contribution in [-0.2, 0) is 16.0 Å². The van der Waals surface area contributed by atoms with E-state index in [2.05, 4.69) is 0 Å². The van der Waals surface area contributed by atoms with Crippen LogP contribution in [0.15, 0.2) is 24.3 Å². The molecule has 1 heterocycles. The van der Waals surface area contributed by atoms with Crippen LogP contribution in [0.2, 0.25) is 0 Å². The van der Waals surface area contributed by atoms with Gasteiger partial charge in [0.1, 0.15) is 12.2 Å². The number of rotatable bonds is 3. The van der Waals surface area contributed by atoms with E-state index in [1.165, 1.54) is 12.1 Å². The molecule has 0 bridgehead atoms. The van der Waals surface area contributed by atoms with Gasteiger partial charge in [0.2, 0.25) is 11.8 Å². The third-order valence-corrected chi connectivity index (χ3v) is 3.70. The molecule has 1 fully saturated rings. The standard InChI is InChI=1S/C16H18FN3O2/c17-14-4-2-13(3-5-14)12-16(22)20-9-1-8-19(10-11-20)15(21)6-7-18/h2-5H,1,6,8-12H2. The van der Waals surface area contributed by atoms with Crippen LogP contribution in [0, 0.1) is 17.1 Å². The molecule has 0 spiro atoms. The van der Waals surface area contributed by atoms with E-state index in [4.69, 9.17) is 5.26 Å². The SMILES string of the molecule is N#CCC(=O)N1CCCN(C(=O)Cc2ccc(F)cc2)CC1. The first kappa shape index (κ1) is 16.0. The van der Waals surface area contributed by atoms with Gasteiger partial charge in [0, 0.05) is 26.2 Å². The number of hydrogen-bond donors (Lipinski definition) is 0. The summed E-state index contributed by atoms with van der Waals surface area (Å²) < 4.78 is 12.9. The molecule has 0 radical (unpaired) electrons. The van der Waals surface area contributed by atoms with Crippen molar-refractivity contribution in [1.82, 2.24) is 9.80 Å². The number of carbonyl (C=O) groups excluding carboxylic acids is 2. The molecule has 116 valence electrons. The van der Waals surface area contributed by atoms with E-state index >= 15 is 0 Å². The first-order valence-corrected chi connectivity index (χ1v) is 7.27. The van der Waals surface area contributed by atoms with Crippen LogP contribution in [0.3, 0.4) is 0 Å². The molecule has 6 heteroatoms. The molecule has 1 aliphatic heterocycles. The summed E-state index contributed by atoms with van der Waals surface area (Å²) >= 11 is 0. The number of halogens is 1. The molecule has 1 aliphatic rings. The van der Waals surface area contributed by atoms with Crippen molar-refractivity contribution in [1.29, 1.82) is 5.26 Å². The molecule has 0 aliphatic carbocycles. The average Bonchev–Trinajstić information content (AvgIpc) is 2.76. The maximum atomic E-state index is 12.9. The summed E-state index contributed by atoms with van der Waals surface area (Å²) in [5.74, 6) is -0.533. The lowest BCUT2D eigenvalue weighted by atomic mass is 10.1. The molecule has 0 aromatic heterocycles. The van der Waals surface area contributed by atoms with Gasteiger partial charge in [-0.3, -0.25) is 9.59 Å². The summed E-state index contributed by atoms with van der Waals surface area (Å²) in [6, 6.07) is 7.75. The first-order valence-electron chi connectivity index (χ1n) is 7.27. The molecule has 2 amide bonds. The molecule has 2 rings (SSSR count). The molecule has 1 aromatic rings. The largest absolute Gasteiger partial charge is 0.341 e. The van der Waals surface area contributed by atoms with E-state index in [0.717, 1.165) is 5.56 Å². The highest BCUT2D eigenvalue weighted by molar-refractivity contribution is 5.80. The Bertz CT molecular complexity index is 580. The maximum Gasteiger partial charge on any atom is 0.236 e. The van der Waals surface area contributed by atoms with Gasteiger partial charge in [0.05, 0.1) is 12.5 Å². The van der Waals surface area contributed by atoms with Crippen molar-refractivity contribution in [2.75, 3.05) is 26.2 Å². The zero-order valence-electron chi connectivity index (χ0n) is 12.3. The lowest BCUT2D eigenvalue weighted by Crippen LogP contribution is -2.37. The van der Waals surface area contributed by atoms with Crippen molar-refractivity contribution >= 4 is 11.8 Å². The quantitative estimate of drug-likeness (QED) is 0.846. The van der Waals surface area contributed by atoms with E-state index in [-0.39, 0.29) is 30.5 Å². The second-order valence-corrected chi connectivity index (χ2v) is 5.25. The van der Waals surface area contributed by atoms with Gasteiger partial charge in [-0.15, -0.1) is 0 Å². The number of hydrogen-bond acceptors (Lipinski definition) is 3. The van der Waals surface area contributed by atoms with Crippen molar-refractivity contribution < 1.29 is 14.0 Å². The second kappa shape index (κ2) is 7.55. The highest BCUT2D eigenvalue weighted by atomic mass is 19.1. The topological polar surface area (TPSA) is 64.4 Å². The summed E-state index contributed by atoms with van der Waals surface area (Å²) in [5, 5.41) is 8.57. The smallest absolute Gasteiger partial charge is 0.236 e. The molecule has 1 aromatic carbocycles. The molecule has 1 saturated heterocycles. The van der Waals surface area contributed by atoms with Gasteiger partial charge in [-0.2, -0.15) is 5.26 Å². The Balaban J connectivity index is 1.90. The van der Waals surface area contributed by atoms with Crippen LogP contribution in [-0.4, -0.2) is 47.8 Å². The maximum absolute atomic E-state index is 12.9. The van der Waals surface area contributed by atoms with Crippen molar-refractivity contribution in [3.8, 4) is 6.07 Å². The number of carbonyl (C=O) groups is 2. The summed E-state index contributed by atoms with van der Waals surface area (Å²) in [6.07, 6.45) is 0.808. The molecular formula is C16H18FN3O2. The monoisotopic (exact) mass is 303 g/mol. The van der Waals surface area contributed by atoms with Crippen LogP contribution in [0.4, 0.5) is 4.39 Å². The van der Waals surface area contributed by atoms with Crippen LogP contribution in [0.5, 0.6) is 0 Å². The molecule has 0 N–H and O–H groups in total. The van der Waals surface area contributed by atoms with Gasteiger partial charge in [-0.25, -0.2) is 4.39 Å². The molecule has 5 nitrogen and oxygen atoms in total. The summed E-state index contributed by atoms with van der Waals surface area (Å²) in [6.45, 7) is 2.09. The fourth-order valence-electron chi connectivity index (χ4n) is 2.48. The summed E-state index contributed by atoms with van der Waals surface area (Å²) in [4.78, 5) is 27.4. The number of nitriles is 1. The Labute approximate surface area is 128 Å². The normalized spacial score (nSPS) is 15.1. The molecule has 0 atom stereocenters. The van der Waals surface area contributed by atoms with Crippen molar-refractivity contribution in [3.63, 3.8) is 0 Å². The molecular weight excluding hydrogens is 285 g/mol. The third-order valence-electron chi connectivity index (χ3n) is 3.70. The lowest BCUT2D eigenvalue weighted by molar-refractivity contribution is -0.132. The highest BCUT2D eigenvalue weighted by Crippen LogP contribution is 2.09. The number of amides is 2. The summed E-state index contributed by atoms with van der Waals surface area (Å²) in [5.41, 5.74) is 0.771. The molecule has 22 heavy (non-hydrogen) atoms. The van der Waals surface area contributed by atoms with E-state index in [1.54, 1.807) is 21.9 Å². The van der Waals surface area contributed by atoms with Gasteiger partial charge in [0.25, 0.3) is 0 Å². The zero-order valence-corrected chi connectivity index (χ0v) is 12.3. The zero-order chi connectivity index (χ0) is 15.9. The van der Waals surface area contributed by atoms with Gasteiger partial charge < -0.3 is 9.80 Å². The van der Waals surface area contributed by atoms with Gasteiger partial charge >= 0.3 is 0 Å². The van der Waals surface area contributed by atoms with E-state index in [1.807, 2.05) is 6.07 Å². The number of nitrogens with zero attached hydrogens (tertiary/aromatic N) is 3. The fraction of sp³-hybridized carbons (Fsp3) is 0.438. The Kier molecular flexibility index (Phi) is 5.48. The predicted molar refractivity (Wildman–Crippen MR) is 78.1 cm³/mol. The minimum Gasteiger partial charge on any atom is -0.341 e. The average molecular weight is 303 g/mol. The van der Waals surface area contributed by atoms with Crippen LogP contribution in [0.1, 0.15) is 18.4 Å². The molecule has 0 saturated carbocycles. The van der Waals surface area contributed by atoms with E-state index in [0.29, 0.717) is 32.6 Å². The van der Waals surface area contributed by atoms with Crippen LogP contribution in [0.25, 0.3) is 0 Å². The van der Waals surface area contributed by atoms with Gasteiger partial charge in [0.15, 0.2) is 0 Å². The van der Waals surface area contributed by atoms with Crippen molar-refractivity contribution in [3.05, 3.63) is 35.6 Å². The predicted octanol–water partition coefficient (Wildman–Crippen LogP) is 1.34. The lowest BCUT2D eigenvalue weighted by Gasteiger charge is -2.21. The Morgan fingerprint density at radius 3 is 2.23 bits per heavy atom. The number of benzene rings is 1. The van der Waals surface area contributed by atoms with E-state index < -0.39 is 0 Å². The van der Waals surface area contributed by atoms with Gasteiger partial charge in [-0.05, 0) is 24.1 Å². The minimum absolute atomic E-state index is 0.0267. The van der Waals surface area contributed by atoms with Gasteiger partial charge in [-0.1, -0.05) is 12.1 Å². The third kappa shape index (κ3) is 4.29. The Morgan fingerprint density at radius 2 is 1.64 bits per heavy atom. The highest BCUT2D eigenvalue weighted by Gasteiger charge is 2.21. The Hall–Kier alpha value is -2.42. The van der Waals surface area contributed by atoms with Crippen molar-refractivity contribution in [2.24, 2.45) is 0 Å².